The summed E-state index contributed by atoms with van der Waals surface area (Å²) in [6.07, 6.45) is 0. The van der Waals surface area contributed by atoms with Crippen molar-refractivity contribution in [1.29, 1.82) is 0 Å². The van der Waals surface area contributed by atoms with Crippen LogP contribution >= 0.6 is 11.8 Å². The van der Waals surface area contributed by atoms with E-state index in [4.69, 9.17) is 4.42 Å². The molecule has 0 atom stereocenters. The van der Waals surface area contributed by atoms with Gasteiger partial charge < -0.3 is 4.42 Å². The van der Waals surface area contributed by atoms with E-state index >= 15 is 0 Å². The van der Waals surface area contributed by atoms with E-state index in [-0.39, 0.29) is 0 Å². The lowest BCUT2D eigenvalue weighted by Crippen LogP contribution is -1.92. The summed E-state index contributed by atoms with van der Waals surface area (Å²) in [6, 6.07) is 11.6. The van der Waals surface area contributed by atoms with Crippen LogP contribution in [0, 0.1) is 13.8 Å². The van der Waals surface area contributed by atoms with Gasteiger partial charge in [0, 0.05) is 11.3 Å². The molecular weight excluding hydrogens is 272 g/mol. The van der Waals surface area contributed by atoms with E-state index in [9.17, 15) is 0 Å². The number of rotatable bonds is 3. The zero-order valence-electron chi connectivity index (χ0n) is 11.1. The standard InChI is InChI=1S/C14H12N4OS/c1-9-8-12(16-10(2)15-9)20-14-18-17-13(19-14)11-6-4-3-5-7-11/h3-8H,1-2H3. The van der Waals surface area contributed by atoms with Crippen molar-refractivity contribution in [1.82, 2.24) is 20.2 Å². The molecule has 0 bridgehead atoms. The predicted molar refractivity (Wildman–Crippen MR) is 75.4 cm³/mol. The van der Waals surface area contributed by atoms with E-state index in [2.05, 4.69) is 20.2 Å². The molecule has 3 rings (SSSR count). The average molecular weight is 284 g/mol. The number of hydrogen-bond acceptors (Lipinski definition) is 6. The molecule has 0 unspecified atom stereocenters. The van der Waals surface area contributed by atoms with Gasteiger partial charge in [-0.15, -0.1) is 10.2 Å². The third-order valence-corrected chi connectivity index (χ3v) is 3.32. The van der Waals surface area contributed by atoms with Gasteiger partial charge in [0.2, 0.25) is 5.89 Å². The van der Waals surface area contributed by atoms with Gasteiger partial charge in [-0.1, -0.05) is 18.2 Å². The Labute approximate surface area is 120 Å². The number of hydrogen-bond donors (Lipinski definition) is 0. The molecule has 100 valence electrons. The Hall–Kier alpha value is -2.21. The lowest BCUT2D eigenvalue weighted by atomic mass is 10.2. The van der Waals surface area contributed by atoms with Crippen LogP contribution < -0.4 is 0 Å². The maximum absolute atomic E-state index is 5.63. The number of aromatic nitrogens is 4. The summed E-state index contributed by atoms with van der Waals surface area (Å²) >= 11 is 1.34. The van der Waals surface area contributed by atoms with E-state index in [1.165, 1.54) is 11.8 Å². The first-order valence-electron chi connectivity index (χ1n) is 6.10. The molecule has 20 heavy (non-hydrogen) atoms. The highest BCUT2D eigenvalue weighted by Gasteiger charge is 2.11. The average Bonchev–Trinajstić information content (AvgIpc) is 2.87. The highest BCUT2D eigenvalue weighted by atomic mass is 32.2. The van der Waals surface area contributed by atoms with E-state index < -0.39 is 0 Å². The van der Waals surface area contributed by atoms with Crippen LogP contribution in [-0.4, -0.2) is 20.2 Å². The largest absolute Gasteiger partial charge is 0.411 e. The molecule has 2 heterocycles. The van der Waals surface area contributed by atoms with Crippen LogP contribution in [-0.2, 0) is 0 Å². The zero-order chi connectivity index (χ0) is 13.9. The molecule has 0 saturated heterocycles. The first-order valence-corrected chi connectivity index (χ1v) is 6.91. The van der Waals surface area contributed by atoms with Crippen molar-refractivity contribution in [2.75, 3.05) is 0 Å². The second-order valence-corrected chi connectivity index (χ2v) is 5.21. The van der Waals surface area contributed by atoms with E-state index in [1.54, 1.807) is 0 Å². The van der Waals surface area contributed by atoms with Gasteiger partial charge in [0.15, 0.2) is 0 Å². The third kappa shape index (κ3) is 2.85. The van der Waals surface area contributed by atoms with Crippen LogP contribution in [0.1, 0.15) is 11.5 Å². The van der Waals surface area contributed by atoms with Crippen molar-refractivity contribution < 1.29 is 4.42 Å². The Morgan fingerprint density at radius 1 is 1.00 bits per heavy atom. The molecular formula is C14H12N4OS. The molecule has 0 spiro atoms. The fourth-order valence-corrected chi connectivity index (χ4v) is 2.56. The summed E-state index contributed by atoms with van der Waals surface area (Å²) in [7, 11) is 0. The van der Waals surface area contributed by atoms with Gasteiger partial charge in [-0.25, -0.2) is 9.97 Å². The lowest BCUT2D eigenvalue weighted by Gasteiger charge is -1.99. The smallest absolute Gasteiger partial charge is 0.283 e. The Morgan fingerprint density at radius 2 is 1.80 bits per heavy atom. The molecule has 2 aromatic heterocycles. The van der Waals surface area contributed by atoms with Crippen LogP contribution in [0.5, 0.6) is 0 Å². The highest BCUT2D eigenvalue weighted by molar-refractivity contribution is 7.99. The zero-order valence-corrected chi connectivity index (χ0v) is 11.9. The third-order valence-electron chi connectivity index (χ3n) is 2.56. The van der Waals surface area contributed by atoms with E-state index in [0.717, 1.165) is 22.1 Å². The van der Waals surface area contributed by atoms with Crippen molar-refractivity contribution in [2.45, 2.75) is 24.1 Å². The Kier molecular flexibility index (Phi) is 3.47. The normalized spacial score (nSPS) is 10.7. The van der Waals surface area contributed by atoms with Gasteiger partial charge in [0.05, 0.1) is 0 Å². The van der Waals surface area contributed by atoms with E-state index in [1.807, 2.05) is 50.2 Å². The summed E-state index contributed by atoms with van der Waals surface area (Å²) in [5, 5.41) is 9.36. The van der Waals surface area contributed by atoms with Crippen molar-refractivity contribution in [3.8, 4) is 11.5 Å². The first-order chi connectivity index (χ1) is 9.70. The molecule has 0 aliphatic carbocycles. The van der Waals surface area contributed by atoms with Crippen LogP contribution in [0.2, 0.25) is 0 Å². The minimum atomic E-state index is 0.473. The molecule has 0 aliphatic rings. The first kappa shape index (κ1) is 12.8. The maximum Gasteiger partial charge on any atom is 0.283 e. The second-order valence-electron chi connectivity index (χ2n) is 4.24. The van der Waals surface area contributed by atoms with Crippen LogP contribution in [0.4, 0.5) is 0 Å². The minimum absolute atomic E-state index is 0.473. The summed E-state index contributed by atoms with van der Waals surface area (Å²) in [5.41, 5.74) is 1.82. The molecule has 0 amide bonds. The van der Waals surface area contributed by atoms with Gasteiger partial charge in [0.1, 0.15) is 10.9 Å². The van der Waals surface area contributed by atoms with Crippen molar-refractivity contribution in [3.63, 3.8) is 0 Å². The van der Waals surface area contributed by atoms with Gasteiger partial charge in [-0.05, 0) is 43.8 Å². The molecule has 0 radical (unpaired) electrons. The number of nitrogens with zero attached hydrogens (tertiary/aromatic N) is 4. The van der Waals surface area contributed by atoms with Gasteiger partial charge >= 0.3 is 0 Å². The Bertz CT molecular complexity index is 707. The highest BCUT2D eigenvalue weighted by Crippen LogP contribution is 2.28. The molecule has 6 heteroatoms. The van der Waals surface area contributed by atoms with Crippen LogP contribution in [0.3, 0.4) is 0 Å². The molecule has 3 aromatic rings. The SMILES string of the molecule is Cc1cc(Sc2nnc(-c3ccccc3)o2)nc(C)n1. The van der Waals surface area contributed by atoms with Gasteiger partial charge in [0.25, 0.3) is 5.22 Å². The van der Waals surface area contributed by atoms with Crippen molar-refractivity contribution >= 4 is 11.8 Å². The fourth-order valence-electron chi connectivity index (χ4n) is 1.77. The topological polar surface area (TPSA) is 64.7 Å². The molecule has 5 nitrogen and oxygen atoms in total. The summed E-state index contributed by atoms with van der Waals surface area (Å²) < 4.78 is 5.63. The summed E-state index contributed by atoms with van der Waals surface area (Å²) in [6.45, 7) is 3.79. The fraction of sp³-hybridized carbons (Fsp3) is 0.143. The molecule has 0 aliphatic heterocycles. The molecule has 1 aromatic carbocycles. The molecule has 0 fully saturated rings. The Balaban J connectivity index is 1.84. The molecule has 0 N–H and O–H groups in total. The quantitative estimate of drug-likeness (QED) is 0.688. The summed E-state index contributed by atoms with van der Waals surface area (Å²) in [4.78, 5) is 8.57. The maximum atomic E-state index is 5.63. The van der Waals surface area contributed by atoms with Crippen molar-refractivity contribution in [3.05, 3.63) is 47.9 Å². The van der Waals surface area contributed by atoms with E-state index in [0.29, 0.717) is 11.1 Å². The summed E-state index contributed by atoms with van der Waals surface area (Å²) in [5.74, 6) is 1.24. The minimum Gasteiger partial charge on any atom is -0.411 e. The lowest BCUT2D eigenvalue weighted by molar-refractivity contribution is 0.465. The van der Waals surface area contributed by atoms with Crippen LogP contribution in [0.25, 0.3) is 11.5 Å². The van der Waals surface area contributed by atoms with Gasteiger partial charge in [-0.3, -0.25) is 0 Å². The van der Waals surface area contributed by atoms with Crippen LogP contribution in [0.15, 0.2) is 51.1 Å². The number of aryl methyl sites for hydroxylation is 2. The number of benzene rings is 1. The molecule has 0 saturated carbocycles. The predicted octanol–water partition coefficient (Wildman–Crippen LogP) is 3.29. The van der Waals surface area contributed by atoms with Crippen molar-refractivity contribution in [2.24, 2.45) is 0 Å². The Morgan fingerprint density at radius 3 is 2.55 bits per heavy atom. The second kappa shape index (κ2) is 5.42. The van der Waals surface area contributed by atoms with Gasteiger partial charge in [-0.2, -0.15) is 0 Å². The monoisotopic (exact) mass is 284 g/mol.